The van der Waals surface area contributed by atoms with Crippen LogP contribution in [0.25, 0.3) is 6.08 Å². The number of halogens is 1. The van der Waals surface area contributed by atoms with Gasteiger partial charge in [-0.2, -0.15) is 0 Å². The highest BCUT2D eigenvalue weighted by Crippen LogP contribution is 2.33. The second-order valence-electron chi connectivity index (χ2n) is 8.92. The number of morpholine rings is 1. The molecule has 2 aliphatic heterocycles. The fourth-order valence-electron chi connectivity index (χ4n) is 4.97. The average molecular weight is 466 g/mol. The van der Waals surface area contributed by atoms with Crippen molar-refractivity contribution in [2.24, 2.45) is 0 Å². The van der Waals surface area contributed by atoms with E-state index in [-0.39, 0.29) is 42.1 Å². The Morgan fingerprint density at radius 1 is 1.09 bits per heavy atom. The number of fused-ring (bicyclic) bond motifs is 1. The highest BCUT2D eigenvalue weighted by molar-refractivity contribution is 5.98. The fourth-order valence-corrected chi connectivity index (χ4v) is 4.97. The number of aromatic nitrogens is 2. The van der Waals surface area contributed by atoms with Gasteiger partial charge >= 0.3 is 0 Å². The van der Waals surface area contributed by atoms with E-state index in [2.05, 4.69) is 14.9 Å². The number of hydrogen-bond acceptors (Lipinski definition) is 6. The molecule has 2 unspecified atom stereocenters. The van der Waals surface area contributed by atoms with Gasteiger partial charge in [0.05, 0.1) is 6.04 Å². The van der Waals surface area contributed by atoms with Crippen molar-refractivity contribution in [1.82, 2.24) is 19.8 Å². The average Bonchev–Trinajstić information content (AvgIpc) is 2.87. The van der Waals surface area contributed by atoms with Crippen molar-refractivity contribution in [3.05, 3.63) is 59.9 Å². The molecule has 3 fully saturated rings. The molecule has 2 aromatic rings. The van der Waals surface area contributed by atoms with Crippen LogP contribution in [0.1, 0.15) is 31.2 Å². The highest BCUT2D eigenvalue weighted by atomic mass is 19.1. The van der Waals surface area contributed by atoms with Crippen LogP contribution in [0, 0.1) is 5.82 Å². The first kappa shape index (κ1) is 22.3. The topological polar surface area (TPSA) is 78.9 Å². The maximum absolute atomic E-state index is 13.7. The summed E-state index contributed by atoms with van der Waals surface area (Å²) in [6.07, 6.45) is 8.51. The Balaban J connectivity index is 1.29. The molecule has 0 radical (unpaired) electrons. The minimum Gasteiger partial charge on any atom is -0.482 e. The lowest BCUT2D eigenvalue weighted by Gasteiger charge is -2.45. The number of nitrogens with zero attached hydrogens (tertiary/aromatic N) is 5. The fraction of sp³-hybridized carbons (Fsp3) is 0.440. The Hall–Kier alpha value is -3.49. The van der Waals surface area contributed by atoms with Crippen LogP contribution in [0.15, 0.2) is 48.5 Å². The molecule has 178 valence electrons. The van der Waals surface area contributed by atoms with Gasteiger partial charge in [0.15, 0.2) is 5.76 Å². The summed E-state index contributed by atoms with van der Waals surface area (Å²) in [5, 5.41) is 0. The molecule has 5 rings (SSSR count). The van der Waals surface area contributed by atoms with Crippen LogP contribution in [0.4, 0.5) is 10.3 Å². The molecule has 0 N–H and O–H groups in total. The molecular weight excluding hydrogens is 437 g/mol. The van der Waals surface area contributed by atoms with Crippen LogP contribution in [-0.2, 0) is 14.3 Å². The van der Waals surface area contributed by atoms with Gasteiger partial charge in [-0.3, -0.25) is 9.59 Å². The number of anilines is 1. The second kappa shape index (κ2) is 9.79. The van der Waals surface area contributed by atoms with Gasteiger partial charge in [-0.15, -0.1) is 0 Å². The van der Waals surface area contributed by atoms with Crippen LogP contribution < -0.4 is 4.90 Å². The normalized spacial score (nSPS) is 24.1. The summed E-state index contributed by atoms with van der Waals surface area (Å²) < 4.78 is 19.7. The number of amides is 2. The summed E-state index contributed by atoms with van der Waals surface area (Å²) in [5.74, 6) is 0.0818. The molecule has 1 aromatic heterocycles. The first-order chi connectivity index (χ1) is 16.6. The third kappa shape index (κ3) is 4.73. The van der Waals surface area contributed by atoms with Gasteiger partial charge in [0.25, 0.3) is 5.91 Å². The van der Waals surface area contributed by atoms with Crippen LogP contribution >= 0.6 is 0 Å². The zero-order valence-corrected chi connectivity index (χ0v) is 19.0. The van der Waals surface area contributed by atoms with Crippen LogP contribution in [0.2, 0.25) is 0 Å². The number of carbonyl (C=O) groups is 2. The van der Waals surface area contributed by atoms with Crippen LogP contribution in [-0.4, -0.2) is 76.5 Å². The largest absolute Gasteiger partial charge is 0.482 e. The third-order valence-electron chi connectivity index (χ3n) is 6.74. The van der Waals surface area contributed by atoms with Gasteiger partial charge in [-0.25, -0.2) is 14.4 Å². The summed E-state index contributed by atoms with van der Waals surface area (Å²) in [5.41, 5.74) is 0.558. The number of carbonyl (C=O) groups excluding carboxylic acids is 2. The van der Waals surface area contributed by atoms with E-state index in [1.54, 1.807) is 46.5 Å². The van der Waals surface area contributed by atoms with Crippen LogP contribution in [0.5, 0.6) is 0 Å². The molecule has 1 aromatic carbocycles. The zero-order chi connectivity index (χ0) is 23.5. The van der Waals surface area contributed by atoms with E-state index in [0.29, 0.717) is 37.7 Å². The predicted molar refractivity (Wildman–Crippen MR) is 124 cm³/mol. The first-order valence-electron chi connectivity index (χ1n) is 11.8. The van der Waals surface area contributed by atoms with Gasteiger partial charge in [0, 0.05) is 38.6 Å². The quantitative estimate of drug-likeness (QED) is 0.646. The van der Waals surface area contributed by atoms with Gasteiger partial charge in [-0.05, 0) is 49.1 Å². The molecule has 3 aliphatic rings. The molecule has 2 amide bonds. The molecule has 1 aliphatic carbocycles. The second-order valence-corrected chi connectivity index (χ2v) is 8.92. The Morgan fingerprint density at radius 3 is 2.62 bits per heavy atom. The molecule has 2 saturated heterocycles. The number of piperazine rings is 1. The lowest BCUT2D eigenvalue weighted by molar-refractivity contribution is -0.154. The van der Waals surface area contributed by atoms with Crippen molar-refractivity contribution in [2.75, 3.05) is 37.6 Å². The molecule has 1 saturated carbocycles. The SMILES string of the molecule is O=C(CN1C(=O)/C(=C\c2cccc(F)c2)OC2CCCCC21)N1CCN(c2ncccn2)CC1. The van der Waals surface area contributed by atoms with Gasteiger partial charge in [0.2, 0.25) is 11.9 Å². The Bertz CT molecular complexity index is 1070. The smallest absolute Gasteiger partial charge is 0.289 e. The van der Waals surface area contributed by atoms with Crippen molar-refractivity contribution in [3.63, 3.8) is 0 Å². The minimum absolute atomic E-state index is 0.0195. The van der Waals surface area contributed by atoms with Crippen molar-refractivity contribution in [2.45, 2.75) is 37.8 Å². The van der Waals surface area contributed by atoms with E-state index in [9.17, 15) is 14.0 Å². The number of benzene rings is 1. The van der Waals surface area contributed by atoms with Gasteiger partial charge in [0.1, 0.15) is 18.5 Å². The first-order valence-corrected chi connectivity index (χ1v) is 11.8. The molecule has 34 heavy (non-hydrogen) atoms. The summed E-state index contributed by atoms with van der Waals surface area (Å²) in [7, 11) is 0. The van der Waals surface area contributed by atoms with Crippen molar-refractivity contribution < 1.29 is 18.7 Å². The lowest BCUT2D eigenvalue weighted by Crippen LogP contribution is -2.58. The summed E-state index contributed by atoms with van der Waals surface area (Å²) in [6, 6.07) is 7.71. The standard InChI is InChI=1S/C25H28FN5O3/c26-19-6-3-5-18(15-19)16-22-24(33)31(20-7-1-2-8-21(20)34-22)17-23(32)29-11-13-30(14-12-29)25-27-9-4-10-28-25/h3-6,9-10,15-16,20-21H,1-2,7-8,11-14,17H2/b22-16+. The van der Waals surface area contributed by atoms with Crippen molar-refractivity contribution in [3.8, 4) is 0 Å². The highest BCUT2D eigenvalue weighted by Gasteiger charge is 2.42. The monoisotopic (exact) mass is 465 g/mol. The minimum atomic E-state index is -0.375. The molecule has 8 nitrogen and oxygen atoms in total. The number of hydrogen-bond donors (Lipinski definition) is 0. The van der Waals surface area contributed by atoms with Gasteiger partial charge in [-0.1, -0.05) is 18.6 Å². The molecule has 0 spiro atoms. The van der Waals surface area contributed by atoms with E-state index < -0.39 is 0 Å². The Morgan fingerprint density at radius 2 is 1.85 bits per heavy atom. The third-order valence-corrected chi connectivity index (χ3v) is 6.74. The maximum Gasteiger partial charge on any atom is 0.289 e. The predicted octanol–water partition coefficient (Wildman–Crippen LogP) is 2.48. The molecule has 0 bridgehead atoms. The maximum atomic E-state index is 13.7. The zero-order valence-electron chi connectivity index (χ0n) is 19.0. The summed E-state index contributed by atoms with van der Waals surface area (Å²) in [6.45, 7) is 2.41. The molecular formula is C25H28FN5O3. The summed E-state index contributed by atoms with van der Waals surface area (Å²) >= 11 is 0. The summed E-state index contributed by atoms with van der Waals surface area (Å²) in [4.78, 5) is 40.7. The molecule has 3 heterocycles. The van der Waals surface area contributed by atoms with Crippen molar-refractivity contribution >= 4 is 23.8 Å². The number of ether oxygens (including phenoxy) is 1. The number of rotatable bonds is 4. The van der Waals surface area contributed by atoms with E-state index in [1.165, 1.54) is 12.1 Å². The van der Waals surface area contributed by atoms with Crippen molar-refractivity contribution in [1.29, 1.82) is 0 Å². The lowest BCUT2D eigenvalue weighted by atomic mass is 9.89. The Kier molecular flexibility index (Phi) is 6.42. The van der Waals surface area contributed by atoms with Crippen LogP contribution in [0.3, 0.4) is 0 Å². The Labute approximate surface area is 198 Å². The van der Waals surface area contributed by atoms with Gasteiger partial charge < -0.3 is 19.4 Å². The van der Waals surface area contributed by atoms with E-state index >= 15 is 0 Å². The molecule has 2 atom stereocenters. The molecule has 9 heteroatoms. The van der Waals surface area contributed by atoms with E-state index in [0.717, 1.165) is 25.7 Å². The van der Waals surface area contributed by atoms with E-state index in [1.807, 2.05) is 0 Å². The van der Waals surface area contributed by atoms with E-state index in [4.69, 9.17) is 4.74 Å².